The van der Waals surface area contributed by atoms with E-state index in [1.54, 1.807) is 6.20 Å². The van der Waals surface area contributed by atoms with Gasteiger partial charge in [0.2, 0.25) is 0 Å². The molecule has 180 valence electrons. The van der Waals surface area contributed by atoms with Gasteiger partial charge < -0.3 is 21.5 Å². The Balaban J connectivity index is 1.61. The van der Waals surface area contributed by atoms with Gasteiger partial charge in [0.25, 0.3) is 0 Å². The number of rotatable bonds is 6. The van der Waals surface area contributed by atoms with E-state index in [9.17, 15) is 5.26 Å². The van der Waals surface area contributed by atoms with E-state index in [0.717, 1.165) is 33.9 Å². The molecule has 4 aromatic rings. The summed E-state index contributed by atoms with van der Waals surface area (Å²) in [6, 6.07) is 15.3. The normalized spacial score (nSPS) is 13.4. The van der Waals surface area contributed by atoms with Crippen molar-refractivity contribution in [3.63, 3.8) is 0 Å². The molecule has 0 unspecified atom stereocenters. The molecule has 0 saturated heterocycles. The largest absolute Gasteiger partial charge is 0.373 e. The molecule has 1 atom stereocenters. The zero-order valence-electron chi connectivity index (χ0n) is 19.4. The number of aryl methyl sites for hydroxylation is 2. The predicted molar refractivity (Wildman–Crippen MR) is 144 cm³/mol. The lowest BCUT2D eigenvalue weighted by Crippen LogP contribution is -2.34. The van der Waals surface area contributed by atoms with Crippen LogP contribution in [-0.2, 0) is 0 Å². The van der Waals surface area contributed by atoms with Crippen LogP contribution in [0.4, 0.5) is 17.1 Å². The van der Waals surface area contributed by atoms with Crippen molar-refractivity contribution in [2.75, 3.05) is 10.6 Å². The number of hydrogen-bond acceptors (Lipinski definition) is 8. The molecule has 2 aromatic carbocycles. The quantitative estimate of drug-likeness (QED) is 0.219. The van der Waals surface area contributed by atoms with Crippen LogP contribution in [0, 0.1) is 25.2 Å². The first kappa shape index (κ1) is 23.7. The standard InChI is InChI=1S/C26H22Cl2N8/c1-14-5-6-17(9-21(14)27)33-24-16(11-29)12-31-25-20(24)8-18(10-22(25)28)34-26(23-13-32-36-35-23)19-4-3-7-30-15(19)2/h3-10,12-13,26,32,34-36H,1-2H3,(H,31,33)/t26-/m0/s1. The van der Waals surface area contributed by atoms with Crippen LogP contribution >= 0.6 is 23.2 Å². The second-order valence-electron chi connectivity index (χ2n) is 8.35. The average molecular weight is 517 g/mol. The van der Waals surface area contributed by atoms with Crippen LogP contribution in [0.5, 0.6) is 0 Å². The van der Waals surface area contributed by atoms with Crippen molar-refractivity contribution in [1.82, 2.24) is 26.4 Å². The predicted octanol–water partition coefficient (Wildman–Crippen LogP) is 5.78. The molecular weight excluding hydrogens is 495 g/mol. The fraction of sp³-hybridized carbons (Fsp3) is 0.115. The Morgan fingerprint density at radius 1 is 1.03 bits per heavy atom. The lowest BCUT2D eigenvalue weighted by Gasteiger charge is -2.23. The maximum Gasteiger partial charge on any atom is 0.103 e. The molecule has 0 amide bonds. The molecule has 1 aliphatic rings. The van der Waals surface area contributed by atoms with E-state index in [-0.39, 0.29) is 6.04 Å². The molecule has 5 rings (SSSR count). The molecule has 5 N–H and O–H groups in total. The Morgan fingerprint density at radius 2 is 1.86 bits per heavy atom. The van der Waals surface area contributed by atoms with E-state index in [1.165, 1.54) is 6.20 Å². The molecular formula is C26H22Cl2N8. The second kappa shape index (κ2) is 9.91. The van der Waals surface area contributed by atoms with Crippen molar-refractivity contribution in [2.45, 2.75) is 19.9 Å². The number of aromatic nitrogens is 2. The van der Waals surface area contributed by atoms with Gasteiger partial charge in [-0.3, -0.25) is 9.97 Å². The number of hydrogen-bond donors (Lipinski definition) is 5. The van der Waals surface area contributed by atoms with Gasteiger partial charge in [-0.05, 0) is 49.7 Å². The average Bonchev–Trinajstić information content (AvgIpc) is 3.40. The minimum Gasteiger partial charge on any atom is -0.373 e. The maximum absolute atomic E-state index is 9.82. The number of hydrazine groups is 2. The first-order chi connectivity index (χ1) is 17.4. The van der Waals surface area contributed by atoms with Crippen LogP contribution < -0.4 is 27.0 Å². The molecule has 36 heavy (non-hydrogen) atoms. The number of halogens is 2. The molecule has 0 aliphatic carbocycles. The smallest absolute Gasteiger partial charge is 0.103 e. The number of nitrogens with zero attached hydrogens (tertiary/aromatic N) is 3. The van der Waals surface area contributed by atoms with Crippen LogP contribution in [0.1, 0.15) is 28.4 Å². The van der Waals surface area contributed by atoms with Gasteiger partial charge in [0.15, 0.2) is 0 Å². The van der Waals surface area contributed by atoms with Gasteiger partial charge in [-0.25, -0.2) is 0 Å². The van der Waals surface area contributed by atoms with Gasteiger partial charge in [0, 0.05) is 51.6 Å². The van der Waals surface area contributed by atoms with Crippen LogP contribution in [0.3, 0.4) is 0 Å². The fourth-order valence-corrected chi connectivity index (χ4v) is 4.53. The van der Waals surface area contributed by atoms with E-state index >= 15 is 0 Å². The third-order valence-electron chi connectivity index (χ3n) is 5.97. The Kier molecular flexibility index (Phi) is 6.53. The Bertz CT molecular complexity index is 1540. The van der Waals surface area contributed by atoms with Gasteiger partial charge >= 0.3 is 0 Å². The number of benzene rings is 2. The van der Waals surface area contributed by atoms with Crippen LogP contribution in [0.15, 0.2) is 66.8 Å². The van der Waals surface area contributed by atoms with Crippen LogP contribution in [0.25, 0.3) is 10.9 Å². The molecule has 0 spiro atoms. The summed E-state index contributed by atoms with van der Waals surface area (Å²) >= 11 is 13.0. The molecule has 0 radical (unpaired) electrons. The summed E-state index contributed by atoms with van der Waals surface area (Å²) in [6.07, 6.45) is 5.13. The second-order valence-corrected chi connectivity index (χ2v) is 9.17. The van der Waals surface area contributed by atoms with E-state index in [0.29, 0.717) is 32.2 Å². The summed E-state index contributed by atoms with van der Waals surface area (Å²) in [7, 11) is 0. The Hall–Kier alpha value is -4.03. The highest BCUT2D eigenvalue weighted by atomic mass is 35.5. The van der Waals surface area contributed by atoms with Gasteiger partial charge in [0.1, 0.15) is 6.07 Å². The minimum atomic E-state index is -0.255. The van der Waals surface area contributed by atoms with Crippen molar-refractivity contribution < 1.29 is 0 Å². The van der Waals surface area contributed by atoms with E-state index in [4.69, 9.17) is 23.2 Å². The molecule has 10 heteroatoms. The van der Waals surface area contributed by atoms with Gasteiger partial charge in [0.05, 0.1) is 33.5 Å². The SMILES string of the molecule is Cc1ccc(Nc2c(C#N)cnc3c(Cl)cc(N[C@H](C4=CNNN4)c4cccnc4C)cc23)cc1Cl. The summed E-state index contributed by atoms with van der Waals surface area (Å²) < 4.78 is 0. The molecule has 1 aliphatic heterocycles. The Morgan fingerprint density at radius 3 is 2.58 bits per heavy atom. The molecule has 0 saturated carbocycles. The summed E-state index contributed by atoms with van der Waals surface area (Å²) in [6.45, 7) is 3.90. The highest BCUT2D eigenvalue weighted by Gasteiger charge is 2.22. The lowest BCUT2D eigenvalue weighted by atomic mass is 10.0. The molecule has 8 nitrogen and oxygen atoms in total. The van der Waals surface area contributed by atoms with Gasteiger partial charge in [-0.2, -0.15) is 10.8 Å². The first-order valence-corrected chi connectivity index (χ1v) is 11.9. The van der Waals surface area contributed by atoms with Crippen LogP contribution in [0.2, 0.25) is 10.0 Å². The van der Waals surface area contributed by atoms with Gasteiger partial charge in [-0.15, -0.1) is 0 Å². The number of anilines is 3. The van der Waals surface area contributed by atoms with Crippen molar-refractivity contribution in [3.05, 3.63) is 99.2 Å². The highest BCUT2D eigenvalue weighted by Crippen LogP contribution is 2.37. The van der Waals surface area contributed by atoms with E-state index < -0.39 is 0 Å². The summed E-state index contributed by atoms with van der Waals surface area (Å²) in [4.78, 5) is 8.90. The number of nitriles is 1. The summed E-state index contributed by atoms with van der Waals surface area (Å²) in [5.41, 5.74) is 15.8. The van der Waals surface area contributed by atoms with Gasteiger partial charge in [-0.1, -0.05) is 35.3 Å². The fourth-order valence-electron chi connectivity index (χ4n) is 4.08. The number of fused-ring (bicyclic) bond motifs is 1. The van der Waals surface area contributed by atoms with Crippen molar-refractivity contribution >= 4 is 51.2 Å². The molecule has 3 heterocycles. The zero-order chi connectivity index (χ0) is 25.2. The third-order valence-corrected chi connectivity index (χ3v) is 6.67. The van der Waals surface area contributed by atoms with E-state index in [2.05, 4.69) is 43.1 Å². The first-order valence-electron chi connectivity index (χ1n) is 11.1. The lowest BCUT2D eigenvalue weighted by molar-refractivity contribution is 0.582. The van der Waals surface area contributed by atoms with Crippen molar-refractivity contribution in [2.24, 2.45) is 0 Å². The maximum atomic E-state index is 9.82. The molecule has 0 fully saturated rings. The topological polar surface area (TPSA) is 110 Å². The van der Waals surface area contributed by atoms with Crippen LogP contribution in [-0.4, -0.2) is 9.97 Å². The van der Waals surface area contributed by atoms with Crippen molar-refractivity contribution in [1.29, 1.82) is 5.26 Å². The molecule has 2 aromatic heterocycles. The Labute approximate surface area is 218 Å². The summed E-state index contributed by atoms with van der Waals surface area (Å²) in [5, 5.41) is 18.5. The number of nitrogens with one attached hydrogen (secondary N) is 5. The highest BCUT2D eigenvalue weighted by molar-refractivity contribution is 6.36. The van der Waals surface area contributed by atoms with Crippen molar-refractivity contribution in [3.8, 4) is 6.07 Å². The molecule has 0 bridgehead atoms. The number of pyridine rings is 2. The third kappa shape index (κ3) is 4.60. The minimum absolute atomic E-state index is 0.255. The van der Waals surface area contributed by atoms with E-state index in [1.807, 2.05) is 62.5 Å². The summed E-state index contributed by atoms with van der Waals surface area (Å²) in [5.74, 6) is 0. The monoisotopic (exact) mass is 516 g/mol. The zero-order valence-corrected chi connectivity index (χ0v) is 21.0.